The predicted molar refractivity (Wildman–Crippen MR) is 160 cm³/mol. The molecule has 0 aliphatic carbocycles. The number of piperidine rings is 1. The van der Waals surface area contributed by atoms with Crippen molar-refractivity contribution in [3.63, 3.8) is 0 Å². The summed E-state index contributed by atoms with van der Waals surface area (Å²) in [7, 11) is -3.26. The third-order valence-corrected chi connectivity index (χ3v) is 9.15. The first-order valence-corrected chi connectivity index (χ1v) is 15.9. The lowest BCUT2D eigenvalue weighted by molar-refractivity contribution is -0.165. The Hall–Kier alpha value is -2.66. The van der Waals surface area contributed by atoms with E-state index in [1.165, 1.54) is 18.4 Å². The molecule has 2 N–H and O–H groups in total. The minimum Gasteiger partial charge on any atom is -0.457 e. The van der Waals surface area contributed by atoms with Crippen molar-refractivity contribution in [2.45, 2.75) is 75.6 Å². The zero-order valence-electron chi connectivity index (χ0n) is 24.2. The fraction of sp³-hybridized carbons (Fsp3) is 0.533. The van der Waals surface area contributed by atoms with Crippen molar-refractivity contribution in [1.29, 1.82) is 0 Å². The number of hydrogen-bond donors (Lipinski definition) is 2. The molecule has 2 heterocycles. The van der Waals surface area contributed by atoms with E-state index >= 15 is 0 Å². The van der Waals surface area contributed by atoms with Crippen molar-refractivity contribution < 1.29 is 27.9 Å². The van der Waals surface area contributed by atoms with Gasteiger partial charge in [-0.25, -0.2) is 8.42 Å². The first-order chi connectivity index (χ1) is 18.9. The molecule has 2 aliphatic rings. The van der Waals surface area contributed by atoms with E-state index < -0.39 is 27.5 Å². The van der Waals surface area contributed by atoms with Crippen LogP contribution in [0.1, 0.15) is 52.0 Å². The summed E-state index contributed by atoms with van der Waals surface area (Å²) in [4.78, 5) is 31.3. The molecular formula is C30H42ClN3O6S. The van der Waals surface area contributed by atoms with Gasteiger partial charge in [-0.3, -0.25) is 14.5 Å². The van der Waals surface area contributed by atoms with E-state index in [1.54, 1.807) is 17.0 Å². The topological polar surface area (TPSA) is 116 Å². The lowest BCUT2D eigenvalue weighted by atomic mass is 9.80. The molecular weight excluding hydrogens is 566 g/mol. The molecule has 9 nitrogen and oxygen atoms in total. The monoisotopic (exact) mass is 607 g/mol. The number of hydrogen-bond acceptors (Lipinski definition) is 7. The Morgan fingerprint density at radius 2 is 1.59 bits per heavy atom. The molecule has 0 bridgehead atoms. The van der Waals surface area contributed by atoms with Gasteiger partial charge in [-0.2, -0.15) is 0 Å². The van der Waals surface area contributed by atoms with Crippen LogP contribution in [0.25, 0.3) is 0 Å². The molecule has 4 rings (SSSR count). The van der Waals surface area contributed by atoms with E-state index in [4.69, 9.17) is 4.74 Å². The number of unbranched alkanes of at least 4 members (excludes halogenated alkanes) is 1. The highest BCUT2D eigenvalue weighted by atomic mass is 35.5. The van der Waals surface area contributed by atoms with Crippen LogP contribution in [-0.4, -0.2) is 78.7 Å². The van der Waals surface area contributed by atoms with Crippen molar-refractivity contribution in [1.82, 2.24) is 15.1 Å². The normalized spacial score (nSPS) is 20.0. The van der Waals surface area contributed by atoms with Gasteiger partial charge in [-0.05, 0) is 67.1 Å². The zero-order valence-corrected chi connectivity index (χ0v) is 25.8. The van der Waals surface area contributed by atoms with Crippen molar-refractivity contribution in [3.8, 4) is 11.5 Å². The van der Waals surface area contributed by atoms with E-state index in [0.29, 0.717) is 50.5 Å². The highest BCUT2D eigenvalue weighted by Gasteiger charge is 2.54. The predicted octanol–water partition coefficient (Wildman–Crippen LogP) is 3.78. The second-order valence-corrected chi connectivity index (χ2v) is 13.3. The highest BCUT2D eigenvalue weighted by molar-refractivity contribution is 7.90. The van der Waals surface area contributed by atoms with E-state index in [0.717, 1.165) is 18.4 Å². The van der Waals surface area contributed by atoms with E-state index in [9.17, 15) is 23.1 Å². The number of aliphatic hydroxyl groups excluding tert-OH is 1. The number of ether oxygens (including phenoxy) is 1. The van der Waals surface area contributed by atoms with Crippen LogP contribution in [0.15, 0.2) is 53.4 Å². The maximum Gasteiger partial charge on any atom is 0.248 e. The third-order valence-electron chi connectivity index (χ3n) is 8.02. The molecule has 2 aromatic carbocycles. The Kier molecular flexibility index (Phi) is 10.9. The molecule has 0 unspecified atom stereocenters. The largest absolute Gasteiger partial charge is 0.457 e. The van der Waals surface area contributed by atoms with Crippen molar-refractivity contribution in [2.24, 2.45) is 5.92 Å². The number of nitrogens with one attached hydrogen (secondary N) is 1. The number of likely N-dealkylation sites (tertiary alicyclic amines) is 1. The number of sulfone groups is 1. The summed E-state index contributed by atoms with van der Waals surface area (Å²) >= 11 is 0. The van der Waals surface area contributed by atoms with Crippen LogP contribution in [0.2, 0.25) is 0 Å². The van der Waals surface area contributed by atoms with Gasteiger partial charge in [0, 0.05) is 32.4 Å². The smallest absolute Gasteiger partial charge is 0.248 e. The number of rotatable bonds is 10. The molecule has 226 valence electrons. The SMILES string of the molecule is CCCCN1C(=O)[C@@H]([C@H](O)C(C)C)NC(=O)C12CCN(Cc1ccc(Oc3ccc(S(C)(=O)=O)cc3)cc1)CC2.Cl. The molecule has 2 atom stereocenters. The van der Waals surface area contributed by atoms with Gasteiger partial charge in [0.2, 0.25) is 11.8 Å². The number of nitrogens with zero attached hydrogens (tertiary/aromatic N) is 2. The zero-order chi connectivity index (χ0) is 29.1. The molecule has 0 saturated carbocycles. The molecule has 41 heavy (non-hydrogen) atoms. The quantitative estimate of drug-likeness (QED) is 0.422. The summed E-state index contributed by atoms with van der Waals surface area (Å²) in [5.74, 6) is 0.728. The Labute approximate surface area is 249 Å². The second kappa shape index (κ2) is 13.5. The number of carbonyl (C=O) groups excluding carboxylic acids is 2. The van der Waals surface area contributed by atoms with E-state index in [2.05, 4.69) is 17.1 Å². The van der Waals surface area contributed by atoms with Gasteiger partial charge < -0.3 is 20.1 Å². The van der Waals surface area contributed by atoms with Crippen LogP contribution in [0.5, 0.6) is 11.5 Å². The number of amides is 2. The molecule has 0 aromatic heterocycles. The summed E-state index contributed by atoms with van der Waals surface area (Å²) in [5, 5.41) is 13.5. The van der Waals surface area contributed by atoms with Crippen LogP contribution in [0.3, 0.4) is 0 Å². The van der Waals surface area contributed by atoms with Crippen LogP contribution in [0.4, 0.5) is 0 Å². The maximum atomic E-state index is 13.5. The van der Waals surface area contributed by atoms with E-state index in [1.807, 2.05) is 38.1 Å². The van der Waals surface area contributed by atoms with Crippen molar-refractivity contribution in [3.05, 3.63) is 54.1 Å². The average Bonchev–Trinajstić information content (AvgIpc) is 2.92. The van der Waals surface area contributed by atoms with Gasteiger partial charge in [0.25, 0.3) is 0 Å². The first-order valence-electron chi connectivity index (χ1n) is 14.0. The fourth-order valence-electron chi connectivity index (χ4n) is 5.49. The Morgan fingerprint density at radius 1 is 1.02 bits per heavy atom. The first kappa shape index (κ1) is 32.8. The minimum atomic E-state index is -3.26. The summed E-state index contributed by atoms with van der Waals surface area (Å²) in [6.07, 6.45) is 3.07. The number of halogens is 1. The Bertz CT molecular complexity index is 1290. The average molecular weight is 608 g/mol. The molecule has 2 aromatic rings. The van der Waals surface area contributed by atoms with Gasteiger partial charge in [-0.15, -0.1) is 12.4 Å². The Morgan fingerprint density at radius 3 is 2.10 bits per heavy atom. The van der Waals surface area contributed by atoms with Crippen LogP contribution in [-0.2, 0) is 26.0 Å². The maximum absolute atomic E-state index is 13.5. The summed E-state index contributed by atoms with van der Waals surface area (Å²) in [6.45, 7) is 8.33. The number of aliphatic hydroxyl groups is 1. The van der Waals surface area contributed by atoms with Crippen LogP contribution < -0.4 is 10.1 Å². The van der Waals surface area contributed by atoms with Gasteiger partial charge in [0.1, 0.15) is 23.1 Å². The summed E-state index contributed by atoms with van der Waals surface area (Å²) < 4.78 is 29.2. The molecule has 2 fully saturated rings. The molecule has 2 amide bonds. The van der Waals surface area contributed by atoms with E-state index in [-0.39, 0.29) is 35.0 Å². The molecule has 0 radical (unpaired) electrons. The number of carbonyl (C=O) groups is 2. The number of benzene rings is 2. The van der Waals surface area contributed by atoms with Crippen LogP contribution >= 0.6 is 12.4 Å². The molecule has 2 aliphatic heterocycles. The molecule has 11 heteroatoms. The molecule has 1 spiro atoms. The standard InChI is InChI=1S/C30H41N3O6S.ClH/c1-5-6-17-33-28(35)26(27(34)21(2)3)31-29(36)30(33)15-18-32(19-16-30)20-22-7-9-23(10-8-22)39-24-11-13-25(14-12-24)40(4,37)38;/h7-14,21,26-27,34H,5-6,15-20H2,1-4H3,(H,31,36);1H/t26-,27-;/m1./s1. The summed E-state index contributed by atoms with van der Waals surface area (Å²) in [5.41, 5.74) is 0.225. The van der Waals surface area contributed by atoms with Gasteiger partial charge in [-0.1, -0.05) is 39.3 Å². The Balaban J connectivity index is 0.00000462. The summed E-state index contributed by atoms with van der Waals surface area (Å²) in [6, 6.07) is 13.2. The molecule has 2 saturated heterocycles. The van der Waals surface area contributed by atoms with Gasteiger partial charge in [0.15, 0.2) is 9.84 Å². The van der Waals surface area contributed by atoms with Crippen LogP contribution in [0, 0.1) is 5.92 Å². The lowest BCUT2D eigenvalue weighted by Gasteiger charge is -2.52. The lowest BCUT2D eigenvalue weighted by Crippen LogP contribution is -2.74. The third kappa shape index (κ3) is 7.41. The number of piperazine rings is 1. The minimum absolute atomic E-state index is 0. The van der Waals surface area contributed by atoms with Gasteiger partial charge >= 0.3 is 0 Å². The van der Waals surface area contributed by atoms with Gasteiger partial charge in [0.05, 0.1) is 11.0 Å². The highest BCUT2D eigenvalue weighted by Crippen LogP contribution is 2.35. The fourth-order valence-corrected chi connectivity index (χ4v) is 6.12. The van der Waals surface area contributed by atoms with Crippen molar-refractivity contribution >= 4 is 34.1 Å². The van der Waals surface area contributed by atoms with Crippen molar-refractivity contribution in [2.75, 3.05) is 25.9 Å². The second-order valence-electron chi connectivity index (χ2n) is 11.3.